The Hall–Kier alpha value is -2.31. The maximum atomic E-state index is 12.5. The van der Waals surface area contributed by atoms with Crippen molar-refractivity contribution in [1.82, 2.24) is 9.88 Å². The van der Waals surface area contributed by atoms with Gasteiger partial charge in [-0.05, 0) is 25.0 Å². The molecule has 0 radical (unpaired) electrons. The van der Waals surface area contributed by atoms with Crippen LogP contribution in [-0.4, -0.2) is 47.9 Å². The minimum absolute atomic E-state index is 0.00829. The van der Waals surface area contributed by atoms with Gasteiger partial charge < -0.3 is 15.4 Å². The number of aromatic nitrogens is 1. The molecule has 1 aromatic rings. The van der Waals surface area contributed by atoms with E-state index in [1.165, 1.54) is 4.90 Å². The Morgan fingerprint density at radius 3 is 2.68 bits per heavy atom. The summed E-state index contributed by atoms with van der Waals surface area (Å²) in [6.45, 7) is 1.43. The van der Waals surface area contributed by atoms with E-state index >= 15 is 0 Å². The number of pyridine rings is 1. The first kappa shape index (κ1) is 14.6. The molecule has 0 saturated carbocycles. The highest BCUT2D eigenvalue weighted by Gasteiger charge is 2.30. The zero-order chi connectivity index (χ0) is 15.5. The largest absolute Gasteiger partial charge is 0.480 e. The summed E-state index contributed by atoms with van der Waals surface area (Å²) in [6, 6.07) is 3.29. The Labute approximate surface area is 129 Å². The van der Waals surface area contributed by atoms with Crippen molar-refractivity contribution in [3.63, 3.8) is 0 Å². The third kappa shape index (κ3) is 2.98. The number of nitrogens with zero attached hydrogens (tertiary/aromatic N) is 3. The average molecular weight is 304 g/mol. The van der Waals surface area contributed by atoms with Gasteiger partial charge in [0, 0.05) is 13.1 Å². The van der Waals surface area contributed by atoms with Gasteiger partial charge in [0.1, 0.15) is 12.4 Å². The second-order valence-electron chi connectivity index (χ2n) is 5.62. The molecule has 0 spiro atoms. The number of amides is 2. The number of hydrogen-bond donors (Lipinski definition) is 1. The Morgan fingerprint density at radius 1 is 1.23 bits per heavy atom. The van der Waals surface area contributed by atoms with Crippen LogP contribution in [0.3, 0.4) is 0 Å². The summed E-state index contributed by atoms with van der Waals surface area (Å²) in [5, 5.41) is 0. The smallest absolute Gasteiger partial charge is 0.266 e. The normalized spacial score (nSPS) is 18.5. The standard InChI is InChI=1S/C15H20N4O3/c16-12-6-5-11-15(17-12)19(14(21)10-22-11)9-13(20)18-7-3-1-2-4-8-18/h5-6H,1-4,7-10H2,(H2,16,17). The second-order valence-corrected chi connectivity index (χ2v) is 5.62. The molecule has 3 rings (SSSR count). The van der Waals surface area contributed by atoms with Crippen LogP contribution >= 0.6 is 0 Å². The first-order valence-electron chi connectivity index (χ1n) is 7.62. The molecule has 1 fully saturated rings. The summed E-state index contributed by atoms with van der Waals surface area (Å²) in [7, 11) is 0. The number of ether oxygens (including phenoxy) is 1. The Morgan fingerprint density at radius 2 is 1.95 bits per heavy atom. The van der Waals surface area contributed by atoms with Crippen molar-refractivity contribution in [3.05, 3.63) is 12.1 Å². The molecule has 0 unspecified atom stereocenters. The highest BCUT2D eigenvalue weighted by molar-refractivity contribution is 6.01. The summed E-state index contributed by atoms with van der Waals surface area (Å²) in [6.07, 6.45) is 4.34. The van der Waals surface area contributed by atoms with Crippen LogP contribution in [0.4, 0.5) is 11.6 Å². The minimum atomic E-state index is -0.270. The van der Waals surface area contributed by atoms with Gasteiger partial charge in [0.15, 0.2) is 18.2 Å². The van der Waals surface area contributed by atoms with E-state index in [1.807, 2.05) is 4.90 Å². The van der Waals surface area contributed by atoms with Crippen molar-refractivity contribution >= 4 is 23.5 Å². The van der Waals surface area contributed by atoms with Crippen LogP contribution in [0.5, 0.6) is 5.75 Å². The van der Waals surface area contributed by atoms with Gasteiger partial charge in [0.2, 0.25) is 5.91 Å². The van der Waals surface area contributed by atoms with Gasteiger partial charge in [0.25, 0.3) is 5.91 Å². The fourth-order valence-corrected chi connectivity index (χ4v) is 2.81. The Balaban J connectivity index is 1.77. The van der Waals surface area contributed by atoms with Crippen molar-refractivity contribution in [2.24, 2.45) is 0 Å². The zero-order valence-electron chi connectivity index (χ0n) is 12.5. The maximum Gasteiger partial charge on any atom is 0.266 e. The minimum Gasteiger partial charge on any atom is -0.480 e. The number of hydrogen-bond acceptors (Lipinski definition) is 5. The number of carbonyl (C=O) groups excluding carboxylic acids is 2. The fraction of sp³-hybridized carbons (Fsp3) is 0.533. The van der Waals surface area contributed by atoms with E-state index in [-0.39, 0.29) is 25.0 Å². The molecular formula is C15H20N4O3. The first-order valence-corrected chi connectivity index (χ1v) is 7.62. The van der Waals surface area contributed by atoms with E-state index in [0.29, 0.717) is 17.4 Å². The molecule has 7 nitrogen and oxygen atoms in total. The van der Waals surface area contributed by atoms with E-state index in [1.54, 1.807) is 12.1 Å². The van der Waals surface area contributed by atoms with Crippen LogP contribution in [-0.2, 0) is 9.59 Å². The molecular weight excluding hydrogens is 284 g/mol. The predicted octanol–water partition coefficient (Wildman–Crippen LogP) is 0.792. The third-order valence-corrected chi connectivity index (χ3v) is 4.02. The summed E-state index contributed by atoms with van der Waals surface area (Å²) in [4.78, 5) is 32.0. The van der Waals surface area contributed by atoms with Crippen LogP contribution in [0.25, 0.3) is 0 Å². The number of rotatable bonds is 2. The molecule has 2 N–H and O–H groups in total. The highest BCUT2D eigenvalue weighted by atomic mass is 16.5. The lowest BCUT2D eigenvalue weighted by molar-refractivity contribution is -0.132. The molecule has 7 heteroatoms. The van der Waals surface area contributed by atoms with Crippen LogP contribution in [0.2, 0.25) is 0 Å². The maximum absolute atomic E-state index is 12.5. The van der Waals surface area contributed by atoms with E-state index in [4.69, 9.17) is 10.5 Å². The van der Waals surface area contributed by atoms with E-state index < -0.39 is 0 Å². The summed E-state index contributed by atoms with van der Waals surface area (Å²) >= 11 is 0. The molecule has 2 aliphatic rings. The predicted molar refractivity (Wildman–Crippen MR) is 81.5 cm³/mol. The van der Waals surface area contributed by atoms with Crippen LogP contribution in [0.1, 0.15) is 25.7 Å². The lowest BCUT2D eigenvalue weighted by Crippen LogP contribution is -2.47. The van der Waals surface area contributed by atoms with Crippen LogP contribution in [0, 0.1) is 0 Å². The number of carbonyl (C=O) groups is 2. The van der Waals surface area contributed by atoms with Gasteiger partial charge in [-0.1, -0.05) is 12.8 Å². The molecule has 118 valence electrons. The molecule has 0 aliphatic carbocycles. The Bertz CT molecular complexity index is 582. The summed E-state index contributed by atoms with van der Waals surface area (Å²) in [5.41, 5.74) is 5.68. The lowest BCUT2D eigenvalue weighted by atomic mass is 10.2. The summed E-state index contributed by atoms with van der Waals surface area (Å²) < 4.78 is 5.33. The zero-order valence-corrected chi connectivity index (χ0v) is 12.5. The Kier molecular flexibility index (Phi) is 4.13. The molecule has 0 atom stereocenters. The van der Waals surface area contributed by atoms with Crippen LogP contribution < -0.4 is 15.4 Å². The topological polar surface area (TPSA) is 88.8 Å². The number of fused-ring (bicyclic) bond motifs is 1. The highest BCUT2D eigenvalue weighted by Crippen LogP contribution is 2.30. The number of nitrogen functional groups attached to an aromatic ring is 1. The second kappa shape index (κ2) is 6.21. The van der Waals surface area contributed by atoms with Crippen molar-refractivity contribution < 1.29 is 14.3 Å². The van der Waals surface area contributed by atoms with Crippen LogP contribution in [0.15, 0.2) is 12.1 Å². The monoisotopic (exact) mass is 304 g/mol. The lowest BCUT2D eigenvalue weighted by Gasteiger charge is -2.30. The number of anilines is 2. The van der Waals surface area contributed by atoms with E-state index in [9.17, 15) is 9.59 Å². The van der Waals surface area contributed by atoms with Gasteiger partial charge in [-0.25, -0.2) is 4.98 Å². The average Bonchev–Trinajstić information content (AvgIpc) is 2.79. The summed E-state index contributed by atoms with van der Waals surface area (Å²) in [5.74, 6) is 0.794. The van der Waals surface area contributed by atoms with Gasteiger partial charge in [-0.3, -0.25) is 14.5 Å². The quantitative estimate of drug-likeness (QED) is 0.872. The fourth-order valence-electron chi connectivity index (χ4n) is 2.81. The third-order valence-electron chi connectivity index (χ3n) is 4.02. The number of likely N-dealkylation sites (tertiary alicyclic amines) is 1. The van der Waals surface area contributed by atoms with Gasteiger partial charge >= 0.3 is 0 Å². The molecule has 1 saturated heterocycles. The molecule has 22 heavy (non-hydrogen) atoms. The van der Waals surface area contributed by atoms with E-state index in [2.05, 4.69) is 4.98 Å². The first-order chi connectivity index (χ1) is 10.6. The molecule has 2 aliphatic heterocycles. The number of nitrogens with two attached hydrogens (primary N) is 1. The molecule has 0 bridgehead atoms. The SMILES string of the molecule is Nc1ccc2c(n1)N(CC(=O)N1CCCCCC1)C(=O)CO2. The molecule has 3 heterocycles. The van der Waals surface area contributed by atoms with Gasteiger partial charge in [0.05, 0.1) is 0 Å². The molecule has 0 aromatic carbocycles. The van der Waals surface area contributed by atoms with Crippen molar-refractivity contribution in [1.29, 1.82) is 0 Å². The molecule has 2 amide bonds. The van der Waals surface area contributed by atoms with E-state index in [0.717, 1.165) is 38.8 Å². The van der Waals surface area contributed by atoms with Gasteiger partial charge in [-0.2, -0.15) is 0 Å². The van der Waals surface area contributed by atoms with Crippen molar-refractivity contribution in [2.75, 3.05) is 36.9 Å². The van der Waals surface area contributed by atoms with Gasteiger partial charge in [-0.15, -0.1) is 0 Å². The molecule has 1 aromatic heterocycles. The van der Waals surface area contributed by atoms with Crippen molar-refractivity contribution in [3.8, 4) is 5.75 Å². The van der Waals surface area contributed by atoms with Crippen molar-refractivity contribution in [2.45, 2.75) is 25.7 Å².